The highest BCUT2D eigenvalue weighted by Crippen LogP contribution is 2.36. The van der Waals surface area contributed by atoms with Crippen molar-refractivity contribution in [2.75, 3.05) is 13.2 Å². The molecule has 6 N–H and O–H groups in total. The zero-order valence-corrected chi connectivity index (χ0v) is 16.1. The Balaban J connectivity index is 4.28. The van der Waals surface area contributed by atoms with Gasteiger partial charge in [-0.3, -0.25) is 9.59 Å². The number of carboxylic acids is 2. The lowest BCUT2D eigenvalue weighted by Crippen LogP contribution is -2.39. The number of unbranched alkanes of at least 4 members (excludes halogenated alkanes) is 7. The molecule has 0 amide bonds. The summed E-state index contributed by atoms with van der Waals surface area (Å²) in [4.78, 5) is 22.2. The maximum Gasteiger partial charge on any atom is 0.309 e. The molecule has 0 aliphatic rings. The number of carbonyl (C=O) groups is 2. The largest absolute Gasteiger partial charge is 0.481 e. The van der Waals surface area contributed by atoms with Gasteiger partial charge in [0.25, 0.3) is 0 Å². The van der Waals surface area contributed by atoms with E-state index in [0.717, 1.165) is 38.5 Å². The van der Waals surface area contributed by atoms with Crippen molar-refractivity contribution < 1.29 is 40.2 Å². The third-order valence-electron chi connectivity index (χ3n) is 4.92. The van der Waals surface area contributed by atoms with E-state index in [-0.39, 0.29) is 25.7 Å². The number of aliphatic hydroxyl groups excluding tert-OH is 4. The van der Waals surface area contributed by atoms with E-state index in [0.29, 0.717) is 12.8 Å². The summed E-state index contributed by atoms with van der Waals surface area (Å²) in [5.41, 5.74) is -1.37. The van der Waals surface area contributed by atoms with Gasteiger partial charge in [0.05, 0.1) is 30.8 Å². The molecule has 2 unspecified atom stereocenters. The van der Waals surface area contributed by atoms with Crippen LogP contribution in [0.15, 0.2) is 0 Å². The van der Waals surface area contributed by atoms with Crippen molar-refractivity contribution >= 4 is 11.9 Å². The van der Waals surface area contributed by atoms with Crippen LogP contribution in [0.3, 0.4) is 0 Å². The number of carboxylic acid groups (broad SMARTS) is 2. The summed E-state index contributed by atoms with van der Waals surface area (Å²) in [5, 5.41) is 55.7. The Hall–Kier alpha value is -1.22. The van der Waals surface area contributed by atoms with E-state index in [1.165, 1.54) is 0 Å². The molecule has 0 aromatic rings. The fourth-order valence-electron chi connectivity index (χ4n) is 3.40. The molecule has 0 radical (unpaired) electrons. The average molecular weight is 392 g/mol. The molecule has 8 nitrogen and oxygen atoms in total. The van der Waals surface area contributed by atoms with Gasteiger partial charge in [0, 0.05) is 6.42 Å². The van der Waals surface area contributed by atoms with Gasteiger partial charge in [-0.15, -0.1) is 0 Å². The monoisotopic (exact) mass is 392 g/mol. The summed E-state index contributed by atoms with van der Waals surface area (Å²) in [6.07, 6.45) is 4.69. The van der Waals surface area contributed by atoms with Crippen LogP contribution in [0.25, 0.3) is 0 Å². The van der Waals surface area contributed by atoms with Crippen LogP contribution in [0.1, 0.15) is 77.0 Å². The molecule has 2 atom stereocenters. The van der Waals surface area contributed by atoms with Crippen LogP contribution in [0.4, 0.5) is 0 Å². The minimum absolute atomic E-state index is 0.167. The van der Waals surface area contributed by atoms with Crippen molar-refractivity contribution in [2.24, 2.45) is 5.41 Å². The first-order chi connectivity index (χ1) is 12.8. The maximum absolute atomic E-state index is 11.8. The second kappa shape index (κ2) is 14.8. The third-order valence-corrected chi connectivity index (χ3v) is 4.92. The van der Waals surface area contributed by atoms with Crippen molar-refractivity contribution in [3.63, 3.8) is 0 Å². The lowest BCUT2D eigenvalue weighted by molar-refractivity contribution is -0.155. The van der Waals surface area contributed by atoms with Crippen molar-refractivity contribution in [1.82, 2.24) is 0 Å². The van der Waals surface area contributed by atoms with Gasteiger partial charge in [0.2, 0.25) is 0 Å². The first kappa shape index (κ1) is 25.8. The number of hydrogen-bond acceptors (Lipinski definition) is 6. The van der Waals surface area contributed by atoms with Crippen LogP contribution < -0.4 is 0 Å². The van der Waals surface area contributed by atoms with Crippen LogP contribution in [0.2, 0.25) is 0 Å². The van der Waals surface area contributed by atoms with Crippen LogP contribution in [-0.2, 0) is 9.59 Å². The molecule has 8 heteroatoms. The Morgan fingerprint density at radius 2 is 1.11 bits per heavy atom. The number of hydrogen-bond donors (Lipinski definition) is 6. The third kappa shape index (κ3) is 12.0. The Morgan fingerprint density at radius 3 is 1.48 bits per heavy atom. The molecular formula is C19H36O8. The number of aliphatic carboxylic acids is 2. The lowest BCUT2D eigenvalue weighted by Gasteiger charge is -2.32. The zero-order chi connectivity index (χ0) is 20.7. The molecule has 0 fully saturated rings. The smallest absolute Gasteiger partial charge is 0.309 e. The van der Waals surface area contributed by atoms with Gasteiger partial charge in [0.15, 0.2) is 0 Å². The van der Waals surface area contributed by atoms with E-state index in [2.05, 4.69) is 0 Å². The normalized spacial score (nSPS) is 15.9. The lowest BCUT2D eigenvalue weighted by atomic mass is 9.73. The summed E-state index contributed by atoms with van der Waals surface area (Å²) >= 11 is 0. The van der Waals surface area contributed by atoms with E-state index in [9.17, 15) is 24.9 Å². The summed E-state index contributed by atoms with van der Waals surface area (Å²) < 4.78 is 0. The van der Waals surface area contributed by atoms with Crippen molar-refractivity contribution in [3.8, 4) is 0 Å². The van der Waals surface area contributed by atoms with Gasteiger partial charge in [-0.25, -0.2) is 0 Å². The Kier molecular flexibility index (Phi) is 14.1. The van der Waals surface area contributed by atoms with Crippen molar-refractivity contribution in [3.05, 3.63) is 0 Å². The van der Waals surface area contributed by atoms with Gasteiger partial charge in [0.1, 0.15) is 0 Å². The minimum Gasteiger partial charge on any atom is -0.481 e. The summed E-state index contributed by atoms with van der Waals surface area (Å²) in [5.74, 6) is -1.91. The molecule has 160 valence electrons. The van der Waals surface area contributed by atoms with E-state index in [1.807, 2.05) is 0 Å². The van der Waals surface area contributed by atoms with E-state index < -0.39 is 42.8 Å². The number of aliphatic hydroxyl groups is 4. The fourth-order valence-corrected chi connectivity index (χ4v) is 3.40. The highest BCUT2D eigenvalue weighted by atomic mass is 16.4. The second-order valence-electron chi connectivity index (χ2n) is 7.39. The van der Waals surface area contributed by atoms with Gasteiger partial charge < -0.3 is 30.6 Å². The predicted molar refractivity (Wildman–Crippen MR) is 99.3 cm³/mol. The summed E-state index contributed by atoms with van der Waals surface area (Å²) in [7, 11) is 0. The van der Waals surface area contributed by atoms with Crippen molar-refractivity contribution in [2.45, 2.75) is 89.3 Å². The molecule has 0 bridgehead atoms. The first-order valence-corrected chi connectivity index (χ1v) is 9.80. The molecule has 0 aliphatic heterocycles. The first-order valence-electron chi connectivity index (χ1n) is 9.80. The molecule has 27 heavy (non-hydrogen) atoms. The summed E-state index contributed by atoms with van der Waals surface area (Å²) in [6.45, 7) is -1.10. The molecule has 0 aromatic heterocycles. The predicted octanol–water partition coefficient (Wildman–Crippen LogP) is 1.53. The molecule has 0 saturated heterocycles. The molecular weight excluding hydrogens is 356 g/mol. The minimum atomic E-state index is -1.37. The van der Waals surface area contributed by atoms with Gasteiger partial charge in [-0.2, -0.15) is 0 Å². The SMILES string of the molecule is O=C(O)CCCCCCCCCCC(CC(O)CO)(CC(O)CO)C(=O)O. The van der Waals surface area contributed by atoms with Crippen LogP contribution in [-0.4, -0.2) is 68.0 Å². The average Bonchev–Trinajstić information content (AvgIpc) is 2.62. The summed E-state index contributed by atoms with van der Waals surface area (Å²) in [6, 6.07) is 0. The topological polar surface area (TPSA) is 156 Å². The van der Waals surface area contributed by atoms with Crippen LogP contribution in [0.5, 0.6) is 0 Å². The quantitative estimate of drug-likeness (QED) is 0.192. The molecule has 0 rings (SSSR count). The van der Waals surface area contributed by atoms with Crippen LogP contribution in [0, 0.1) is 5.41 Å². The Bertz CT molecular complexity index is 401. The van der Waals surface area contributed by atoms with Gasteiger partial charge >= 0.3 is 11.9 Å². The van der Waals surface area contributed by atoms with E-state index in [1.54, 1.807) is 0 Å². The zero-order valence-electron chi connectivity index (χ0n) is 16.1. The highest BCUT2D eigenvalue weighted by molar-refractivity contribution is 5.74. The van der Waals surface area contributed by atoms with Gasteiger partial charge in [-0.05, 0) is 25.7 Å². The molecule has 0 aliphatic carbocycles. The van der Waals surface area contributed by atoms with Crippen LogP contribution >= 0.6 is 0 Å². The Morgan fingerprint density at radius 1 is 0.704 bits per heavy atom. The molecule has 0 aromatic carbocycles. The molecule has 0 heterocycles. The fraction of sp³-hybridized carbons (Fsp3) is 0.895. The standard InChI is InChI=1S/C19H36O8/c20-13-15(22)11-19(18(26)27,12-16(23)14-21)10-8-6-4-2-1-3-5-7-9-17(24)25/h15-16,20-23H,1-14H2,(H,24,25)(H,26,27). The number of rotatable bonds is 18. The second-order valence-corrected chi connectivity index (χ2v) is 7.39. The maximum atomic E-state index is 11.8. The van der Waals surface area contributed by atoms with Crippen molar-refractivity contribution in [1.29, 1.82) is 0 Å². The Labute approximate surface area is 160 Å². The van der Waals surface area contributed by atoms with E-state index >= 15 is 0 Å². The molecule has 0 saturated carbocycles. The highest BCUT2D eigenvalue weighted by Gasteiger charge is 2.41. The molecule has 0 spiro atoms. The van der Waals surface area contributed by atoms with Gasteiger partial charge in [-0.1, -0.05) is 44.9 Å². The van der Waals surface area contributed by atoms with E-state index in [4.69, 9.17) is 15.3 Å².